The van der Waals surface area contributed by atoms with Gasteiger partial charge in [0.2, 0.25) is 5.90 Å². The SMILES string of the molecule is C=CC[C@]1(C(=O)NNCCC(C)(C)C)N=C(c2ccc(OCCCO)cc2)O[C@H]1c1ccccc1. The molecular weight excluding hydrogens is 442 g/mol. The predicted molar refractivity (Wildman–Crippen MR) is 138 cm³/mol. The Morgan fingerprint density at radius 2 is 1.91 bits per heavy atom. The summed E-state index contributed by atoms with van der Waals surface area (Å²) >= 11 is 0. The lowest BCUT2D eigenvalue weighted by molar-refractivity contribution is -0.129. The van der Waals surface area contributed by atoms with Crippen molar-refractivity contribution in [2.75, 3.05) is 19.8 Å². The Bertz CT molecular complexity index is 999. The lowest BCUT2D eigenvalue weighted by Gasteiger charge is -2.30. The Kier molecular flexibility index (Phi) is 9.07. The highest BCUT2D eigenvalue weighted by Gasteiger charge is 2.52. The number of aliphatic hydroxyl groups excluding tert-OH is 1. The maximum Gasteiger partial charge on any atom is 0.266 e. The van der Waals surface area contributed by atoms with Gasteiger partial charge >= 0.3 is 0 Å². The van der Waals surface area contributed by atoms with Crippen LogP contribution in [-0.4, -0.2) is 42.2 Å². The maximum absolute atomic E-state index is 13.6. The first kappa shape index (κ1) is 26.4. The quantitative estimate of drug-likeness (QED) is 0.239. The Morgan fingerprint density at radius 3 is 2.54 bits per heavy atom. The summed E-state index contributed by atoms with van der Waals surface area (Å²) in [6, 6.07) is 17.0. The molecule has 3 N–H and O–H groups in total. The van der Waals surface area contributed by atoms with Crippen molar-refractivity contribution >= 4 is 11.8 Å². The molecular formula is C28H37N3O4. The van der Waals surface area contributed by atoms with Crippen LogP contribution in [0.3, 0.4) is 0 Å². The highest BCUT2D eigenvalue weighted by molar-refractivity contribution is 6.01. The van der Waals surface area contributed by atoms with Crippen LogP contribution in [0.4, 0.5) is 0 Å². The number of nitrogens with zero attached hydrogens (tertiary/aromatic N) is 1. The molecule has 35 heavy (non-hydrogen) atoms. The zero-order valence-corrected chi connectivity index (χ0v) is 20.9. The van der Waals surface area contributed by atoms with Crippen LogP contribution in [0.15, 0.2) is 72.2 Å². The summed E-state index contributed by atoms with van der Waals surface area (Å²) in [5.41, 5.74) is 6.49. The van der Waals surface area contributed by atoms with E-state index in [1.54, 1.807) is 6.08 Å². The van der Waals surface area contributed by atoms with Crippen LogP contribution in [0.25, 0.3) is 0 Å². The molecule has 188 valence electrons. The first-order valence-electron chi connectivity index (χ1n) is 12.1. The minimum Gasteiger partial charge on any atom is -0.494 e. The molecule has 0 radical (unpaired) electrons. The van der Waals surface area contributed by atoms with Crippen molar-refractivity contribution in [2.24, 2.45) is 10.4 Å². The monoisotopic (exact) mass is 479 g/mol. The summed E-state index contributed by atoms with van der Waals surface area (Å²) in [4.78, 5) is 18.5. The van der Waals surface area contributed by atoms with Gasteiger partial charge in [-0.1, -0.05) is 57.2 Å². The zero-order chi connectivity index (χ0) is 25.3. The third-order valence-electron chi connectivity index (χ3n) is 5.79. The van der Waals surface area contributed by atoms with Crippen LogP contribution in [0.2, 0.25) is 0 Å². The van der Waals surface area contributed by atoms with Crippen molar-refractivity contribution in [3.63, 3.8) is 0 Å². The van der Waals surface area contributed by atoms with Gasteiger partial charge in [-0.25, -0.2) is 10.4 Å². The van der Waals surface area contributed by atoms with E-state index >= 15 is 0 Å². The van der Waals surface area contributed by atoms with Gasteiger partial charge in [-0.3, -0.25) is 10.2 Å². The van der Waals surface area contributed by atoms with Crippen molar-refractivity contribution in [1.82, 2.24) is 10.9 Å². The van der Waals surface area contributed by atoms with Gasteiger partial charge in [-0.05, 0) is 41.7 Å². The molecule has 7 heteroatoms. The lowest BCUT2D eigenvalue weighted by atomic mass is 9.84. The first-order chi connectivity index (χ1) is 16.8. The van der Waals surface area contributed by atoms with Gasteiger partial charge in [0, 0.05) is 31.6 Å². The summed E-state index contributed by atoms with van der Waals surface area (Å²) in [6.45, 7) is 11.5. The molecule has 0 aliphatic carbocycles. The highest BCUT2D eigenvalue weighted by Crippen LogP contribution is 2.42. The molecule has 3 rings (SSSR count). The van der Waals surface area contributed by atoms with Gasteiger partial charge in [0.05, 0.1) is 6.61 Å². The van der Waals surface area contributed by atoms with E-state index < -0.39 is 11.6 Å². The smallest absolute Gasteiger partial charge is 0.266 e. The van der Waals surface area contributed by atoms with Crippen LogP contribution in [0.1, 0.15) is 57.3 Å². The Morgan fingerprint density at radius 1 is 1.20 bits per heavy atom. The molecule has 0 fully saturated rings. The van der Waals surface area contributed by atoms with Gasteiger partial charge in [0.25, 0.3) is 5.91 Å². The Labute approximate surface area is 208 Å². The number of ether oxygens (including phenoxy) is 2. The van der Waals surface area contributed by atoms with Crippen LogP contribution in [0, 0.1) is 5.41 Å². The van der Waals surface area contributed by atoms with Crippen molar-refractivity contribution in [1.29, 1.82) is 0 Å². The molecule has 1 aliphatic heterocycles. The largest absolute Gasteiger partial charge is 0.494 e. The van der Waals surface area contributed by atoms with Crippen LogP contribution in [-0.2, 0) is 9.53 Å². The predicted octanol–water partition coefficient (Wildman–Crippen LogP) is 4.34. The van der Waals surface area contributed by atoms with E-state index in [4.69, 9.17) is 19.6 Å². The summed E-state index contributed by atoms with van der Waals surface area (Å²) < 4.78 is 12.0. The third kappa shape index (κ3) is 6.93. The number of hydrazine groups is 1. The lowest BCUT2D eigenvalue weighted by Crippen LogP contribution is -2.52. The van der Waals surface area contributed by atoms with Crippen LogP contribution >= 0.6 is 0 Å². The second-order valence-electron chi connectivity index (χ2n) is 9.88. The molecule has 0 saturated heterocycles. The average Bonchev–Trinajstić information content (AvgIpc) is 3.23. The molecule has 0 saturated carbocycles. The van der Waals surface area contributed by atoms with E-state index in [2.05, 4.69) is 38.2 Å². The van der Waals surface area contributed by atoms with E-state index in [-0.39, 0.29) is 17.9 Å². The first-order valence-corrected chi connectivity index (χ1v) is 12.1. The maximum atomic E-state index is 13.6. The number of carbonyl (C=O) groups excluding carboxylic acids is 1. The fraction of sp³-hybridized carbons (Fsp3) is 0.429. The fourth-order valence-electron chi connectivity index (χ4n) is 3.85. The highest BCUT2D eigenvalue weighted by atomic mass is 16.5. The Balaban J connectivity index is 1.87. The summed E-state index contributed by atoms with van der Waals surface area (Å²) in [6.07, 6.45) is 2.88. The molecule has 0 spiro atoms. The fourth-order valence-corrected chi connectivity index (χ4v) is 3.85. The van der Waals surface area contributed by atoms with E-state index in [1.165, 1.54) is 0 Å². The third-order valence-corrected chi connectivity index (χ3v) is 5.79. The van der Waals surface area contributed by atoms with Crippen LogP contribution < -0.4 is 15.6 Å². The standard InChI is InChI=1S/C28H37N3O4/c1-5-16-28(26(33)31-29-18-17-27(2,3)4)24(21-10-7-6-8-11-21)35-25(30-28)22-12-14-23(15-13-22)34-20-9-19-32/h5-8,10-15,24,29,32H,1,9,16-20H2,2-4H3,(H,31,33)/t24-,28-/m0/s1. The molecule has 0 aromatic heterocycles. The second kappa shape index (κ2) is 12.0. The van der Waals surface area contributed by atoms with E-state index in [0.717, 1.165) is 17.5 Å². The molecule has 1 amide bonds. The average molecular weight is 480 g/mol. The molecule has 1 heterocycles. The summed E-state index contributed by atoms with van der Waals surface area (Å²) in [7, 11) is 0. The normalized spacial score (nSPS) is 19.5. The van der Waals surface area contributed by atoms with Gasteiger partial charge < -0.3 is 14.6 Å². The number of aliphatic hydroxyl groups is 1. The summed E-state index contributed by atoms with van der Waals surface area (Å²) in [5, 5.41) is 8.94. The minimum absolute atomic E-state index is 0.0854. The minimum atomic E-state index is -1.20. The molecule has 2 atom stereocenters. The molecule has 0 unspecified atom stereocenters. The van der Waals surface area contributed by atoms with Crippen molar-refractivity contribution in [3.8, 4) is 5.75 Å². The molecule has 7 nitrogen and oxygen atoms in total. The topological polar surface area (TPSA) is 92.2 Å². The van der Waals surface area contributed by atoms with E-state index in [0.29, 0.717) is 37.6 Å². The molecule has 2 aromatic rings. The van der Waals surface area contributed by atoms with Gasteiger partial charge in [-0.2, -0.15) is 0 Å². The second-order valence-corrected chi connectivity index (χ2v) is 9.88. The van der Waals surface area contributed by atoms with Crippen molar-refractivity contribution in [2.45, 2.75) is 51.7 Å². The van der Waals surface area contributed by atoms with Gasteiger partial charge in [0.1, 0.15) is 5.75 Å². The number of carbonyl (C=O) groups is 1. The summed E-state index contributed by atoms with van der Waals surface area (Å²) in [5.74, 6) is 0.824. The van der Waals surface area contributed by atoms with E-state index in [9.17, 15) is 4.79 Å². The van der Waals surface area contributed by atoms with Crippen LogP contribution in [0.5, 0.6) is 5.75 Å². The number of aliphatic imine (C=N–C) groups is 1. The van der Waals surface area contributed by atoms with Gasteiger partial charge in [-0.15, -0.1) is 6.58 Å². The van der Waals surface area contributed by atoms with E-state index in [1.807, 2.05) is 54.6 Å². The number of amides is 1. The number of rotatable bonds is 12. The zero-order valence-electron chi connectivity index (χ0n) is 20.9. The number of nitrogens with one attached hydrogen (secondary N) is 2. The number of hydrogen-bond donors (Lipinski definition) is 3. The molecule has 1 aliphatic rings. The van der Waals surface area contributed by atoms with Crippen molar-refractivity contribution < 1.29 is 19.4 Å². The van der Waals surface area contributed by atoms with Gasteiger partial charge in [0.15, 0.2) is 11.6 Å². The van der Waals surface area contributed by atoms with Crippen molar-refractivity contribution in [3.05, 3.63) is 78.4 Å². The molecule has 2 aromatic carbocycles. The number of benzene rings is 2. The Hall–Kier alpha value is -3.16. The molecule has 0 bridgehead atoms. The number of hydrogen-bond acceptors (Lipinski definition) is 6.